The predicted molar refractivity (Wildman–Crippen MR) is 117 cm³/mol. The predicted octanol–water partition coefficient (Wildman–Crippen LogP) is 3.89. The lowest BCUT2D eigenvalue weighted by Gasteiger charge is -2.22. The molecule has 4 heterocycles. The number of rotatable bonds is 3. The van der Waals surface area contributed by atoms with Gasteiger partial charge in [-0.1, -0.05) is 23.4 Å². The van der Waals surface area contributed by atoms with Crippen molar-refractivity contribution in [3.05, 3.63) is 51.2 Å². The normalized spacial score (nSPS) is 23.1. The van der Waals surface area contributed by atoms with E-state index in [9.17, 15) is 18.0 Å². The average molecular weight is 481 g/mol. The molecule has 2 atom stereocenters. The fourth-order valence-electron chi connectivity index (χ4n) is 4.05. The van der Waals surface area contributed by atoms with Crippen molar-refractivity contribution < 1.29 is 18.0 Å². The van der Waals surface area contributed by atoms with E-state index in [0.29, 0.717) is 15.6 Å². The summed E-state index contributed by atoms with van der Waals surface area (Å²) < 4.78 is 42.6. The molecule has 7 nitrogen and oxygen atoms in total. The summed E-state index contributed by atoms with van der Waals surface area (Å²) in [6.07, 6.45) is 1.45. The number of thioether (sulfide) groups is 1. The van der Waals surface area contributed by atoms with Crippen LogP contribution < -0.4 is 16.1 Å². The van der Waals surface area contributed by atoms with Crippen molar-refractivity contribution in [2.75, 3.05) is 16.1 Å². The van der Waals surface area contributed by atoms with Gasteiger partial charge in [0, 0.05) is 12.0 Å². The molecule has 32 heavy (non-hydrogen) atoms. The van der Waals surface area contributed by atoms with E-state index in [1.165, 1.54) is 16.8 Å². The molecule has 12 heteroatoms. The molecule has 3 aliphatic heterocycles. The monoisotopic (exact) mass is 480 g/mol. The topological polar surface area (TPSA) is 96.5 Å². The maximum Gasteiger partial charge on any atom is 0.251 e. The molecule has 2 aromatic rings. The lowest BCUT2D eigenvalue weighted by atomic mass is 9.87. The molecule has 1 aromatic heterocycles. The number of nitrogen functional groups attached to an aromatic ring is 1. The van der Waals surface area contributed by atoms with Crippen LogP contribution in [0.25, 0.3) is 0 Å². The third-order valence-electron chi connectivity index (χ3n) is 5.76. The first-order valence-electron chi connectivity index (χ1n) is 9.60. The van der Waals surface area contributed by atoms with E-state index in [1.54, 1.807) is 19.9 Å². The second-order valence-corrected chi connectivity index (χ2v) is 9.94. The first kappa shape index (κ1) is 21.1. The van der Waals surface area contributed by atoms with Crippen LogP contribution in [0, 0.1) is 23.4 Å². The third kappa shape index (κ3) is 3.06. The van der Waals surface area contributed by atoms with E-state index in [4.69, 9.17) is 17.3 Å². The SMILES string of the molecule is CC1(C)C(=O)Nc2nc(N3N=C(Cc4c(F)ccc(F)c4F)C4C=C(Cl)SC43)nc(N)c21. The van der Waals surface area contributed by atoms with Crippen LogP contribution in [0.1, 0.15) is 25.0 Å². The number of nitrogens with two attached hydrogens (primary N) is 1. The molecule has 0 aliphatic carbocycles. The average Bonchev–Trinajstić information content (AvgIpc) is 3.32. The zero-order valence-electron chi connectivity index (χ0n) is 16.8. The molecule has 0 saturated carbocycles. The molecule has 0 bridgehead atoms. The number of carbonyl (C=O) groups is 1. The van der Waals surface area contributed by atoms with Gasteiger partial charge < -0.3 is 11.1 Å². The Balaban J connectivity index is 1.56. The van der Waals surface area contributed by atoms with Crippen molar-refractivity contribution in [1.29, 1.82) is 0 Å². The highest BCUT2D eigenvalue weighted by molar-refractivity contribution is 8.05. The Labute approximate surface area is 189 Å². The van der Waals surface area contributed by atoms with Gasteiger partial charge >= 0.3 is 0 Å². The number of hydrazone groups is 1. The van der Waals surface area contributed by atoms with Crippen molar-refractivity contribution in [3.8, 4) is 0 Å². The number of anilines is 3. The standard InChI is InChI=1S/C20H16ClF3N6OS/c1-20(2)13-15(25)26-19(28-16(13)27-18(20)31)30-17-8(6-12(21)32-17)11(29-30)5-7-9(22)3-4-10(23)14(7)24/h3-4,6,8,17H,5H2,1-2H3,(H3,25,26,27,28,31). The van der Waals surface area contributed by atoms with Gasteiger partial charge in [-0.3, -0.25) is 4.79 Å². The van der Waals surface area contributed by atoms with Gasteiger partial charge in [0.15, 0.2) is 11.6 Å². The second kappa shape index (κ2) is 7.11. The number of halogens is 4. The molecule has 1 aromatic carbocycles. The fourth-order valence-corrected chi connectivity index (χ4v) is 5.54. The van der Waals surface area contributed by atoms with Crippen molar-refractivity contribution in [3.63, 3.8) is 0 Å². The first-order valence-corrected chi connectivity index (χ1v) is 10.9. The number of aromatic nitrogens is 2. The summed E-state index contributed by atoms with van der Waals surface area (Å²) in [5, 5.41) is 8.23. The second-order valence-electron chi connectivity index (χ2n) is 8.15. The molecular formula is C20H16ClF3N6OS. The summed E-state index contributed by atoms with van der Waals surface area (Å²) in [5.74, 6) is -3.42. The number of amides is 1. The number of nitrogens with zero attached hydrogens (tertiary/aromatic N) is 4. The van der Waals surface area contributed by atoms with Crippen LogP contribution >= 0.6 is 23.4 Å². The van der Waals surface area contributed by atoms with Crippen LogP contribution in [-0.2, 0) is 16.6 Å². The molecule has 0 radical (unpaired) electrons. The summed E-state index contributed by atoms with van der Waals surface area (Å²) in [4.78, 5) is 21.1. The minimum atomic E-state index is -1.26. The van der Waals surface area contributed by atoms with Gasteiger partial charge in [-0.05, 0) is 32.1 Å². The maximum atomic E-state index is 14.3. The Hall–Kier alpha value is -2.79. The van der Waals surface area contributed by atoms with Gasteiger partial charge in [-0.15, -0.1) is 0 Å². The van der Waals surface area contributed by atoms with Gasteiger partial charge in [-0.2, -0.15) is 15.1 Å². The lowest BCUT2D eigenvalue weighted by molar-refractivity contribution is -0.119. The van der Waals surface area contributed by atoms with Crippen molar-refractivity contribution >= 4 is 52.6 Å². The molecule has 0 saturated heterocycles. The van der Waals surface area contributed by atoms with Gasteiger partial charge in [0.1, 0.15) is 22.8 Å². The first-order chi connectivity index (χ1) is 15.1. The molecule has 3 aliphatic rings. The molecule has 3 N–H and O–H groups in total. The quantitative estimate of drug-likeness (QED) is 0.647. The van der Waals surface area contributed by atoms with E-state index in [1.807, 2.05) is 0 Å². The summed E-state index contributed by atoms with van der Waals surface area (Å²) in [6, 6.07) is 1.61. The van der Waals surface area contributed by atoms with Crippen molar-refractivity contribution in [2.24, 2.45) is 11.0 Å². The van der Waals surface area contributed by atoms with Crippen LogP contribution in [-0.4, -0.2) is 27.0 Å². The largest absolute Gasteiger partial charge is 0.383 e. The van der Waals surface area contributed by atoms with Gasteiger partial charge in [0.05, 0.1) is 27.0 Å². The number of hydrogen-bond acceptors (Lipinski definition) is 7. The highest BCUT2D eigenvalue weighted by atomic mass is 35.5. The van der Waals surface area contributed by atoms with E-state index >= 15 is 0 Å². The minimum absolute atomic E-state index is 0.108. The van der Waals surface area contributed by atoms with Gasteiger partial charge in [0.25, 0.3) is 5.95 Å². The molecular weight excluding hydrogens is 465 g/mol. The third-order valence-corrected chi connectivity index (χ3v) is 7.25. The van der Waals surface area contributed by atoms with E-state index in [-0.39, 0.29) is 29.9 Å². The molecule has 1 amide bonds. The Morgan fingerprint density at radius 2 is 1.97 bits per heavy atom. The van der Waals surface area contributed by atoms with Crippen LogP contribution in [0.4, 0.5) is 30.8 Å². The smallest absolute Gasteiger partial charge is 0.251 e. The van der Waals surface area contributed by atoms with Crippen molar-refractivity contribution in [1.82, 2.24) is 9.97 Å². The minimum Gasteiger partial charge on any atom is -0.383 e. The Morgan fingerprint density at radius 3 is 2.72 bits per heavy atom. The van der Waals surface area contributed by atoms with E-state index < -0.39 is 39.7 Å². The summed E-state index contributed by atoms with van der Waals surface area (Å²) in [5.41, 5.74) is 5.70. The number of benzene rings is 1. The van der Waals surface area contributed by atoms with Crippen LogP contribution in [0.15, 0.2) is 27.7 Å². The molecule has 5 rings (SSSR count). The summed E-state index contributed by atoms with van der Waals surface area (Å²) in [6.45, 7) is 3.43. The van der Waals surface area contributed by atoms with Crippen LogP contribution in [0.2, 0.25) is 0 Å². The molecule has 2 unspecified atom stereocenters. The highest BCUT2D eigenvalue weighted by Gasteiger charge is 2.46. The zero-order chi connectivity index (χ0) is 22.9. The summed E-state index contributed by atoms with van der Waals surface area (Å²) in [7, 11) is 0. The number of carbonyl (C=O) groups excluding carboxylic acids is 1. The molecule has 0 spiro atoms. The van der Waals surface area contributed by atoms with Gasteiger partial charge in [0.2, 0.25) is 5.91 Å². The van der Waals surface area contributed by atoms with E-state index in [0.717, 1.165) is 12.1 Å². The zero-order valence-corrected chi connectivity index (χ0v) is 18.4. The Kier molecular flexibility index (Phi) is 4.68. The number of hydrogen-bond donors (Lipinski definition) is 2. The number of nitrogens with one attached hydrogen (secondary N) is 1. The molecule has 166 valence electrons. The van der Waals surface area contributed by atoms with E-state index in [2.05, 4.69) is 20.4 Å². The van der Waals surface area contributed by atoms with Gasteiger partial charge in [-0.25, -0.2) is 18.2 Å². The van der Waals surface area contributed by atoms with Crippen molar-refractivity contribution in [2.45, 2.75) is 31.1 Å². The number of fused-ring (bicyclic) bond motifs is 2. The summed E-state index contributed by atoms with van der Waals surface area (Å²) >= 11 is 7.49. The lowest BCUT2D eigenvalue weighted by Crippen LogP contribution is -2.29. The fraction of sp³-hybridized carbons (Fsp3) is 0.300. The Morgan fingerprint density at radius 1 is 1.25 bits per heavy atom. The maximum absolute atomic E-state index is 14.3. The van der Waals surface area contributed by atoms with Crippen LogP contribution in [0.3, 0.4) is 0 Å². The Bertz CT molecular complexity index is 1250. The highest BCUT2D eigenvalue weighted by Crippen LogP contribution is 2.47. The van der Waals surface area contributed by atoms with Crippen LogP contribution in [0.5, 0.6) is 0 Å². The molecule has 0 fully saturated rings.